The van der Waals surface area contributed by atoms with Crippen LogP contribution in [0, 0.1) is 0 Å². The monoisotopic (exact) mass is 465 g/mol. The lowest BCUT2D eigenvalue weighted by atomic mass is 9.91. The fraction of sp³-hybridized carbons (Fsp3) is 0.0769. The summed E-state index contributed by atoms with van der Waals surface area (Å²) in [6.45, 7) is 1.46. The zero-order chi connectivity index (χ0) is 23.8. The first-order chi connectivity index (χ1) is 15.7. The van der Waals surface area contributed by atoms with Crippen molar-refractivity contribution in [2.75, 3.05) is 5.73 Å². The average molecular weight is 465 g/mol. The summed E-state index contributed by atoms with van der Waals surface area (Å²) < 4.78 is 40.4. The van der Waals surface area contributed by atoms with Gasteiger partial charge in [0.2, 0.25) is 0 Å². The predicted octanol–water partition coefficient (Wildman–Crippen LogP) is 7.37. The van der Waals surface area contributed by atoms with Crippen LogP contribution in [0.3, 0.4) is 0 Å². The maximum atomic E-state index is 13.5. The third-order valence-electron chi connectivity index (χ3n) is 5.32. The number of carbonyl (C=O) groups excluding carboxylic acids is 2. The van der Waals surface area contributed by atoms with E-state index in [1.54, 1.807) is 54.6 Å². The Morgan fingerprint density at radius 2 is 1.61 bits per heavy atom. The molecule has 1 aromatic heterocycles. The van der Waals surface area contributed by atoms with Gasteiger partial charge in [-0.2, -0.15) is 13.2 Å². The molecule has 0 aliphatic heterocycles. The zero-order valence-corrected chi connectivity index (χ0v) is 18.3. The van der Waals surface area contributed by atoms with E-state index in [1.165, 1.54) is 24.3 Å². The van der Waals surface area contributed by atoms with Gasteiger partial charge in [0, 0.05) is 27.1 Å². The van der Waals surface area contributed by atoms with Gasteiger partial charge < -0.3 is 5.73 Å². The van der Waals surface area contributed by atoms with Crippen LogP contribution in [0.1, 0.15) is 33.2 Å². The number of aldehydes is 1. The molecule has 1 heterocycles. The highest BCUT2D eigenvalue weighted by Crippen LogP contribution is 2.50. The smallest absolute Gasteiger partial charge is 0.390 e. The van der Waals surface area contributed by atoms with Crippen LogP contribution in [0.15, 0.2) is 72.8 Å². The number of ketones is 1. The average Bonchev–Trinajstić information content (AvgIpc) is 3.15. The molecule has 0 saturated heterocycles. The lowest BCUT2D eigenvalue weighted by Gasteiger charge is -2.13. The minimum absolute atomic E-state index is 0.0917. The van der Waals surface area contributed by atoms with Gasteiger partial charge >= 0.3 is 6.18 Å². The van der Waals surface area contributed by atoms with Crippen molar-refractivity contribution in [3.8, 4) is 32.7 Å². The van der Waals surface area contributed by atoms with E-state index in [-0.39, 0.29) is 5.78 Å². The van der Waals surface area contributed by atoms with E-state index in [4.69, 9.17) is 5.73 Å². The number of carbonyl (C=O) groups is 2. The topological polar surface area (TPSA) is 60.2 Å². The lowest BCUT2D eigenvalue weighted by Crippen LogP contribution is -2.04. The summed E-state index contributed by atoms with van der Waals surface area (Å²) in [4.78, 5) is 24.0. The molecule has 0 amide bonds. The van der Waals surface area contributed by atoms with E-state index in [9.17, 15) is 22.8 Å². The molecule has 0 aliphatic rings. The molecule has 0 bridgehead atoms. The Bertz CT molecular complexity index is 1350. The van der Waals surface area contributed by atoms with Gasteiger partial charge in [-0.25, -0.2) is 0 Å². The molecule has 3 nitrogen and oxygen atoms in total. The maximum Gasteiger partial charge on any atom is 0.416 e. The van der Waals surface area contributed by atoms with Gasteiger partial charge in [0.05, 0.1) is 10.6 Å². The Hall–Kier alpha value is -3.71. The van der Waals surface area contributed by atoms with Gasteiger partial charge in [0.25, 0.3) is 0 Å². The number of thiophene rings is 1. The van der Waals surface area contributed by atoms with Crippen LogP contribution in [0.2, 0.25) is 0 Å². The number of anilines is 1. The number of alkyl halides is 3. The van der Waals surface area contributed by atoms with Crippen LogP contribution < -0.4 is 5.73 Å². The fourth-order valence-corrected chi connectivity index (χ4v) is 4.84. The summed E-state index contributed by atoms with van der Waals surface area (Å²) in [6.07, 6.45) is -3.81. The first-order valence-corrected chi connectivity index (χ1v) is 10.8. The maximum absolute atomic E-state index is 13.5. The normalized spacial score (nSPS) is 11.4. The molecule has 0 saturated carbocycles. The third-order valence-corrected chi connectivity index (χ3v) is 6.39. The van der Waals surface area contributed by atoms with E-state index >= 15 is 0 Å². The van der Waals surface area contributed by atoms with Crippen LogP contribution >= 0.6 is 11.3 Å². The van der Waals surface area contributed by atoms with Crippen molar-refractivity contribution in [1.82, 2.24) is 0 Å². The second-order valence-electron chi connectivity index (χ2n) is 7.46. The van der Waals surface area contributed by atoms with E-state index in [1.807, 2.05) is 0 Å². The summed E-state index contributed by atoms with van der Waals surface area (Å²) in [5, 5.41) is 0.377. The van der Waals surface area contributed by atoms with E-state index in [2.05, 4.69) is 0 Å². The number of nitrogen functional groups attached to an aromatic ring is 1. The Kier molecular flexibility index (Phi) is 5.91. The van der Waals surface area contributed by atoms with E-state index < -0.39 is 11.7 Å². The number of halogens is 3. The molecule has 4 rings (SSSR count). The van der Waals surface area contributed by atoms with Crippen LogP contribution in [0.5, 0.6) is 0 Å². The van der Waals surface area contributed by atoms with Crippen molar-refractivity contribution >= 4 is 28.4 Å². The van der Waals surface area contributed by atoms with Crippen LogP contribution in [0.4, 0.5) is 18.2 Å². The molecule has 166 valence electrons. The summed E-state index contributed by atoms with van der Waals surface area (Å²) in [5.41, 5.74) is 9.12. The van der Waals surface area contributed by atoms with E-state index in [0.717, 1.165) is 12.1 Å². The molecule has 0 spiro atoms. The molecule has 2 N–H and O–H groups in total. The highest BCUT2D eigenvalue weighted by Gasteiger charge is 2.31. The Balaban J connectivity index is 2.03. The molecule has 0 unspecified atom stereocenters. The second-order valence-corrected chi connectivity index (χ2v) is 8.51. The van der Waals surface area contributed by atoms with Crippen molar-refractivity contribution < 1.29 is 22.8 Å². The third kappa shape index (κ3) is 4.32. The zero-order valence-electron chi connectivity index (χ0n) is 17.4. The minimum atomic E-state index is -4.51. The van der Waals surface area contributed by atoms with Gasteiger partial charge in [-0.15, -0.1) is 11.3 Å². The molecule has 0 aliphatic carbocycles. The molecule has 0 fully saturated rings. The molecule has 4 aromatic rings. The standard InChI is InChI=1S/C26H18F3NO2S/c1-15(32)16-9-11-17(12-10-16)24-22(18-6-4-7-20(13-18)26(27,28)29)23(25(30)33-24)21-8-3-2-5-19(21)14-31/h2-14H,30H2,1H3. The molecular weight excluding hydrogens is 447 g/mol. The van der Waals surface area contributed by atoms with Crippen LogP contribution in [0.25, 0.3) is 32.7 Å². The van der Waals surface area contributed by atoms with Crippen LogP contribution in [-0.2, 0) is 6.18 Å². The Labute approximate surface area is 192 Å². The molecular formula is C26H18F3NO2S. The van der Waals surface area contributed by atoms with Gasteiger partial charge in [-0.3, -0.25) is 9.59 Å². The Morgan fingerprint density at radius 1 is 0.909 bits per heavy atom. The summed E-state index contributed by atoms with van der Waals surface area (Å²) in [5.74, 6) is -0.0917. The highest BCUT2D eigenvalue weighted by molar-refractivity contribution is 7.20. The second kappa shape index (κ2) is 8.67. The van der Waals surface area contributed by atoms with Crippen molar-refractivity contribution in [3.63, 3.8) is 0 Å². The molecule has 0 radical (unpaired) electrons. The van der Waals surface area contributed by atoms with Gasteiger partial charge in [-0.1, -0.05) is 60.7 Å². The number of rotatable bonds is 5. The van der Waals surface area contributed by atoms with Gasteiger partial charge in [0.1, 0.15) is 0 Å². The number of benzene rings is 3. The molecule has 33 heavy (non-hydrogen) atoms. The van der Waals surface area contributed by atoms with Crippen molar-refractivity contribution in [3.05, 3.63) is 89.5 Å². The summed E-state index contributed by atoms with van der Waals surface area (Å²) in [7, 11) is 0. The summed E-state index contributed by atoms with van der Waals surface area (Å²) in [6, 6.07) is 18.7. The van der Waals surface area contributed by atoms with Crippen molar-refractivity contribution in [2.24, 2.45) is 0 Å². The highest BCUT2D eigenvalue weighted by atomic mass is 32.1. The first kappa shape index (κ1) is 22.5. The quantitative estimate of drug-likeness (QED) is 0.247. The molecule has 0 atom stereocenters. The number of nitrogens with two attached hydrogens (primary N) is 1. The minimum Gasteiger partial charge on any atom is -0.390 e. The van der Waals surface area contributed by atoms with Gasteiger partial charge in [0.15, 0.2) is 12.1 Å². The number of hydrogen-bond donors (Lipinski definition) is 1. The van der Waals surface area contributed by atoms with Crippen LogP contribution in [-0.4, -0.2) is 12.1 Å². The number of Topliss-reactive ketones (excluding diaryl/α,β-unsaturated/α-hetero) is 1. The van der Waals surface area contributed by atoms with Crippen molar-refractivity contribution in [2.45, 2.75) is 13.1 Å². The van der Waals surface area contributed by atoms with Gasteiger partial charge in [-0.05, 0) is 35.7 Å². The molecule has 3 aromatic carbocycles. The molecule has 7 heteroatoms. The SMILES string of the molecule is CC(=O)c1ccc(-c2sc(N)c(-c3ccccc3C=O)c2-c2cccc(C(F)(F)F)c2)cc1. The first-order valence-electron chi connectivity index (χ1n) is 9.96. The van der Waals surface area contributed by atoms with E-state index in [0.29, 0.717) is 55.1 Å². The summed E-state index contributed by atoms with van der Waals surface area (Å²) >= 11 is 1.23. The Morgan fingerprint density at radius 3 is 2.24 bits per heavy atom. The lowest BCUT2D eigenvalue weighted by molar-refractivity contribution is -0.137. The predicted molar refractivity (Wildman–Crippen MR) is 125 cm³/mol. The fourth-order valence-electron chi connectivity index (χ4n) is 3.73. The largest absolute Gasteiger partial charge is 0.416 e. The number of hydrogen-bond acceptors (Lipinski definition) is 4. The van der Waals surface area contributed by atoms with Crippen molar-refractivity contribution in [1.29, 1.82) is 0 Å².